The first-order chi connectivity index (χ1) is 33.7. The smallest absolute Gasteiger partial charge is 0.407 e. The van der Waals surface area contributed by atoms with E-state index in [0.717, 1.165) is 88.3 Å². The molecule has 1 amide bonds. The normalized spacial score (nSPS) is 19.5. The molecule has 0 aliphatic heterocycles. The second-order valence-corrected chi connectivity index (χ2v) is 19.9. The van der Waals surface area contributed by atoms with Gasteiger partial charge in [0.05, 0.1) is 12.7 Å². The van der Waals surface area contributed by atoms with Crippen molar-refractivity contribution in [1.82, 2.24) is 47.0 Å². The predicted octanol–water partition coefficient (Wildman–Crippen LogP) is 11.8. The van der Waals surface area contributed by atoms with Gasteiger partial charge < -0.3 is 40.8 Å². The van der Waals surface area contributed by atoms with Crippen LogP contribution in [0, 0.1) is 12.8 Å². The van der Waals surface area contributed by atoms with Gasteiger partial charge in [-0.05, 0) is 147 Å². The number of amides is 1. The number of hydrogen-bond donors (Lipinski definition) is 5. The second kappa shape index (κ2) is 39.1. The Bertz CT molecular complexity index is 1740. The molecule has 1 aromatic carbocycles. The number of aromatic nitrogens is 4. The third-order valence-corrected chi connectivity index (χ3v) is 11.4. The number of ether oxygens (including phenoxy) is 3. The summed E-state index contributed by atoms with van der Waals surface area (Å²) in [4.78, 5) is 11.4. The van der Waals surface area contributed by atoms with Gasteiger partial charge in [-0.15, -0.1) is 20.4 Å². The molecule has 0 spiro atoms. The number of benzene rings is 1. The van der Waals surface area contributed by atoms with E-state index in [4.69, 9.17) is 14.2 Å². The first-order valence-corrected chi connectivity index (χ1v) is 26.9. The average molecular weight is 972 g/mol. The maximum absolute atomic E-state index is 11.4. The molecular formula is C57H97N9O4. The van der Waals surface area contributed by atoms with Gasteiger partial charge in [0.2, 0.25) is 5.82 Å². The number of nitrogens with zero attached hydrogens (tertiary/aromatic N) is 4. The molecule has 394 valence electrons. The van der Waals surface area contributed by atoms with Crippen LogP contribution in [0.15, 0.2) is 85.5 Å². The minimum atomic E-state index is -0.305. The highest BCUT2D eigenvalue weighted by Gasteiger charge is 2.14. The molecular weight excluding hydrogens is 875 g/mol. The van der Waals surface area contributed by atoms with Gasteiger partial charge in [-0.25, -0.2) is 4.79 Å². The largest absolute Gasteiger partial charge is 0.472 e. The molecule has 5 rings (SSSR count). The van der Waals surface area contributed by atoms with E-state index < -0.39 is 0 Å². The summed E-state index contributed by atoms with van der Waals surface area (Å²) in [6.45, 7) is 30.9. The summed E-state index contributed by atoms with van der Waals surface area (Å²) in [5, 5.41) is 31.9. The fourth-order valence-corrected chi connectivity index (χ4v) is 7.48. The van der Waals surface area contributed by atoms with Crippen LogP contribution < -0.4 is 26.6 Å². The van der Waals surface area contributed by atoms with Crippen LogP contribution in [0.4, 0.5) is 4.79 Å². The highest BCUT2D eigenvalue weighted by molar-refractivity contribution is 5.67. The van der Waals surface area contributed by atoms with Crippen LogP contribution in [-0.2, 0) is 20.6 Å². The zero-order valence-electron chi connectivity index (χ0n) is 45.2. The highest BCUT2D eigenvalue weighted by atomic mass is 16.6. The number of rotatable bonds is 21. The van der Waals surface area contributed by atoms with Gasteiger partial charge in [0.15, 0.2) is 11.7 Å². The Morgan fingerprint density at radius 3 is 1.79 bits per heavy atom. The molecule has 0 saturated carbocycles. The molecule has 3 atom stereocenters. The van der Waals surface area contributed by atoms with Crippen molar-refractivity contribution < 1.29 is 19.0 Å². The summed E-state index contributed by atoms with van der Waals surface area (Å²) in [5.41, 5.74) is 3.30. The Morgan fingerprint density at radius 2 is 1.20 bits per heavy atom. The number of carbonyl (C=O) groups is 1. The first kappa shape index (κ1) is 61.5. The Hall–Kier alpha value is -4.59. The van der Waals surface area contributed by atoms with Crippen molar-refractivity contribution in [1.29, 1.82) is 0 Å². The van der Waals surface area contributed by atoms with E-state index in [1.165, 1.54) is 69.8 Å². The van der Waals surface area contributed by atoms with Crippen LogP contribution in [-0.4, -0.2) is 95.7 Å². The van der Waals surface area contributed by atoms with Gasteiger partial charge in [0.25, 0.3) is 0 Å². The number of aryl methyl sites for hydroxylation is 2. The van der Waals surface area contributed by atoms with Crippen molar-refractivity contribution in [2.24, 2.45) is 5.92 Å². The van der Waals surface area contributed by atoms with Gasteiger partial charge in [-0.3, -0.25) is 0 Å². The van der Waals surface area contributed by atoms with E-state index in [1.54, 1.807) is 6.92 Å². The van der Waals surface area contributed by atoms with Gasteiger partial charge in [-0.2, -0.15) is 0 Å². The highest BCUT2D eigenvalue weighted by Crippen LogP contribution is 2.19. The first-order valence-electron chi connectivity index (χ1n) is 26.9. The Kier molecular flexibility index (Phi) is 34.3. The molecule has 13 nitrogen and oxygen atoms in total. The molecule has 0 radical (unpaired) electrons. The van der Waals surface area contributed by atoms with E-state index in [0.29, 0.717) is 42.3 Å². The maximum Gasteiger partial charge on any atom is 0.407 e. The quantitative estimate of drug-likeness (QED) is 0.0459. The van der Waals surface area contributed by atoms with Crippen molar-refractivity contribution in [3.05, 3.63) is 96.8 Å². The fraction of sp³-hybridized carbons (Fsp3) is 0.667. The second-order valence-electron chi connectivity index (χ2n) is 19.9. The van der Waals surface area contributed by atoms with E-state index in [9.17, 15) is 4.79 Å². The van der Waals surface area contributed by atoms with Gasteiger partial charge in [0, 0.05) is 55.6 Å². The fourth-order valence-electron chi connectivity index (χ4n) is 7.48. The summed E-state index contributed by atoms with van der Waals surface area (Å²) in [6, 6.07) is 9.51. The van der Waals surface area contributed by atoms with Crippen LogP contribution in [0.25, 0.3) is 11.4 Å². The molecule has 0 fully saturated rings. The molecule has 0 unspecified atom stereocenters. The molecule has 0 saturated heterocycles. The molecule has 1 aromatic heterocycles. The molecule has 13 heteroatoms. The van der Waals surface area contributed by atoms with Crippen LogP contribution in [0.5, 0.6) is 0 Å². The van der Waals surface area contributed by atoms with Crippen molar-refractivity contribution in [2.45, 2.75) is 208 Å². The third kappa shape index (κ3) is 33.9. The number of nitrogens with one attached hydrogen (secondary N) is 5. The monoisotopic (exact) mass is 972 g/mol. The molecule has 1 heterocycles. The van der Waals surface area contributed by atoms with Crippen molar-refractivity contribution in [3.8, 4) is 11.4 Å². The Morgan fingerprint density at radius 1 is 0.629 bits per heavy atom. The number of hydrogen-bond acceptors (Lipinski definition) is 12. The Balaban J connectivity index is 0.000000321. The summed E-state index contributed by atoms with van der Waals surface area (Å²) in [5.74, 6) is 2.60. The molecule has 5 N–H and O–H groups in total. The van der Waals surface area contributed by atoms with Crippen molar-refractivity contribution >= 4 is 6.09 Å². The minimum Gasteiger partial charge on any atom is -0.472 e. The summed E-state index contributed by atoms with van der Waals surface area (Å²) < 4.78 is 17.1. The van der Waals surface area contributed by atoms with E-state index in [1.807, 2.05) is 32.1 Å². The maximum atomic E-state index is 11.4. The van der Waals surface area contributed by atoms with Gasteiger partial charge >= 0.3 is 6.09 Å². The van der Waals surface area contributed by atoms with Crippen molar-refractivity contribution in [2.75, 3.05) is 32.8 Å². The zero-order chi connectivity index (χ0) is 51.2. The van der Waals surface area contributed by atoms with Crippen LogP contribution in [0.1, 0.15) is 170 Å². The lowest BCUT2D eigenvalue weighted by atomic mass is 10.0. The molecule has 0 bridgehead atoms. The van der Waals surface area contributed by atoms with E-state index >= 15 is 0 Å². The van der Waals surface area contributed by atoms with Crippen LogP contribution in [0.3, 0.4) is 0 Å². The number of alkyl carbamates (subject to hydrolysis) is 1. The molecule has 70 heavy (non-hydrogen) atoms. The standard InChI is InChI=1S/C16H30N2O.C15H28N2O.C14H18N4.C12H21NO2/c1-14(2)17-11-12-18-15(3)13-19-16-9-7-5-4-6-8-10-16;1-13(2)16-11-12-17-14(3)18-15-9-7-5-4-6-8-10-15;1-10(2)4-5-12-6-8-13(9-7-12)14-17-15-11(3)16-18-14;1-10(2)13-12(14)15-11-8-6-4-3-5-7-9-11/h4-5,14,16-18H,3,6-13H2,1-2H3;7,9,13,15-17H,3-6,8,10-12H2,1-2H3;6-10H,4-5H2,1-3H3;6,8,10-11H,3-5,7,9H2,1-2H3,(H,13,14)/b5-4+;9-7+;;8-6+/t16-;15-;;11-/m01.1/s1. The van der Waals surface area contributed by atoms with E-state index in [-0.39, 0.29) is 24.3 Å². The van der Waals surface area contributed by atoms with Gasteiger partial charge in [0.1, 0.15) is 12.2 Å². The van der Waals surface area contributed by atoms with E-state index in [2.05, 4.69) is 144 Å². The minimum absolute atomic E-state index is 0.0379. The van der Waals surface area contributed by atoms with Crippen LogP contribution >= 0.6 is 0 Å². The molecule has 3 aliphatic carbocycles. The summed E-state index contributed by atoms with van der Waals surface area (Å²) in [6.07, 6.45) is 33.4. The predicted molar refractivity (Wildman–Crippen MR) is 291 cm³/mol. The third-order valence-electron chi connectivity index (χ3n) is 11.4. The lowest BCUT2D eigenvalue weighted by molar-refractivity contribution is 0.0536. The number of carbonyl (C=O) groups excluding carboxylic acids is 1. The van der Waals surface area contributed by atoms with Crippen molar-refractivity contribution in [3.63, 3.8) is 0 Å². The zero-order valence-corrected chi connectivity index (χ0v) is 45.2. The summed E-state index contributed by atoms with van der Waals surface area (Å²) in [7, 11) is 0. The topological polar surface area (TPSA) is 156 Å². The lowest BCUT2D eigenvalue weighted by Gasteiger charge is -2.20. The molecule has 3 aliphatic rings. The number of allylic oxidation sites excluding steroid dienone is 4. The Labute approximate surface area is 425 Å². The average Bonchev–Trinajstić information content (AvgIpc) is 3.28. The lowest BCUT2D eigenvalue weighted by Crippen LogP contribution is -2.33. The van der Waals surface area contributed by atoms with Crippen LogP contribution in [0.2, 0.25) is 0 Å². The van der Waals surface area contributed by atoms with Gasteiger partial charge in [-0.1, -0.05) is 110 Å². The summed E-state index contributed by atoms with van der Waals surface area (Å²) >= 11 is 0. The SMILES string of the molecule is C=C(CO[C@H]1CC/C=C/CCC1)NCCNC(C)C.C=C(NCCNC(C)C)O[C@@H]1/C=C/CCCCC1.CC(C)NC(=O)O[C@@H]1/C=C/CCCCC1.Cc1nnc(-c2ccc(CCC(C)C)cc2)nn1. The molecule has 2 aromatic rings.